The minimum absolute atomic E-state index is 0.312. The van der Waals surface area contributed by atoms with Gasteiger partial charge in [0.2, 0.25) is 11.0 Å². The van der Waals surface area contributed by atoms with Crippen molar-refractivity contribution in [1.82, 2.24) is 15.5 Å². The van der Waals surface area contributed by atoms with E-state index in [0.717, 1.165) is 22.3 Å². The lowest BCUT2D eigenvalue weighted by atomic mass is 10.1. The first-order valence-corrected chi connectivity index (χ1v) is 12.2. The summed E-state index contributed by atoms with van der Waals surface area (Å²) in [6.45, 7) is 3.91. The summed E-state index contributed by atoms with van der Waals surface area (Å²) in [6.07, 6.45) is 0.312. The maximum absolute atomic E-state index is 13.2. The average Bonchev–Trinajstić information content (AvgIpc) is 3.31. The second-order valence-electron chi connectivity index (χ2n) is 8.00. The largest absolute Gasteiger partial charge is 0.326 e. The number of aromatic nitrogens is 2. The molecule has 4 aromatic rings. The second kappa shape index (κ2) is 11.1. The standard InChI is InChI=1S/C26H24ClN5O2S/c1-16-8-6-13-21(17(16)2)28-25(34)29-22(14-18-9-4-3-5-10-18)23(33)30-26-32-31-24(35-26)19-11-7-12-20(27)15-19/h3-13,15,22H,14H2,1-2H3,(H2,28,29,34)(H,30,32,33)/t22-/m1/s1. The molecule has 0 saturated carbocycles. The summed E-state index contributed by atoms with van der Waals surface area (Å²) in [6, 6.07) is 21.1. The molecule has 3 N–H and O–H groups in total. The van der Waals surface area contributed by atoms with Crippen molar-refractivity contribution < 1.29 is 9.59 Å². The third-order valence-electron chi connectivity index (χ3n) is 5.48. The van der Waals surface area contributed by atoms with Crippen molar-refractivity contribution in [2.75, 3.05) is 10.6 Å². The van der Waals surface area contributed by atoms with Crippen LogP contribution in [-0.4, -0.2) is 28.2 Å². The van der Waals surface area contributed by atoms with Crippen LogP contribution in [0.25, 0.3) is 10.6 Å². The average molecular weight is 506 g/mol. The van der Waals surface area contributed by atoms with Gasteiger partial charge in [0.15, 0.2) is 0 Å². The van der Waals surface area contributed by atoms with Crippen molar-refractivity contribution in [3.8, 4) is 10.6 Å². The summed E-state index contributed by atoms with van der Waals surface area (Å²) in [5.74, 6) is -0.390. The fraction of sp³-hybridized carbons (Fsp3) is 0.154. The summed E-state index contributed by atoms with van der Waals surface area (Å²) in [4.78, 5) is 26.0. The highest BCUT2D eigenvalue weighted by Gasteiger charge is 2.23. The molecular weight excluding hydrogens is 482 g/mol. The first-order valence-electron chi connectivity index (χ1n) is 11.0. The molecule has 0 radical (unpaired) electrons. The van der Waals surface area contributed by atoms with Gasteiger partial charge in [0.1, 0.15) is 11.0 Å². The van der Waals surface area contributed by atoms with Crippen molar-refractivity contribution in [2.45, 2.75) is 26.3 Å². The van der Waals surface area contributed by atoms with Crippen LogP contribution in [0.3, 0.4) is 0 Å². The van der Waals surface area contributed by atoms with Crippen LogP contribution in [0.2, 0.25) is 5.02 Å². The molecule has 35 heavy (non-hydrogen) atoms. The van der Waals surface area contributed by atoms with E-state index in [4.69, 9.17) is 11.6 Å². The van der Waals surface area contributed by atoms with E-state index in [1.165, 1.54) is 11.3 Å². The third-order valence-corrected chi connectivity index (χ3v) is 6.61. The zero-order valence-electron chi connectivity index (χ0n) is 19.2. The zero-order chi connectivity index (χ0) is 24.8. The van der Waals surface area contributed by atoms with E-state index in [2.05, 4.69) is 26.1 Å². The number of anilines is 2. The minimum atomic E-state index is -0.832. The van der Waals surface area contributed by atoms with Crippen LogP contribution in [0.1, 0.15) is 16.7 Å². The predicted molar refractivity (Wildman–Crippen MR) is 141 cm³/mol. The van der Waals surface area contributed by atoms with Gasteiger partial charge < -0.3 is 10.6 Å². The monoisotopic (exact) mass is 505 g/mol. The molecule has 0 aliphatic heterocycles. The van der Waals surface area contributed by atoms with E-state index in [1.807, 2.05) is 74.5 Å². The molecule has 0 aliphatic rings. The van der Waals surface area contributed by atoms with Crippen molar-refractivity contribution in [3.05, 3.63) is 94.5 Å². The number of halogens is 1. The van der Waals surface area contributed by atoms with Gasteiger partial charge in [-0.2, -0.15) is 0 Å². The van der Waals surface area contributed by atoms with Gasteiger partial charge in [-0.1, -0.05) is 77.5 Å². The maximum atomic E-state index is 13.2. The first kappa shape index (κ1) is 24.4. The van der Waals surface area contributed by atoms with Crippen LogP contribution in [0, 0.1) is 13.8 Å². The van der Waals surface area contributed by atoms with Crippen LogP contribution in [-0.2, 0) is 11.2 Å². The normalized spacial score (nSPS) is 11.5. The Kier molecular flexibility index (Phi) is 7.74. The lowest BCUT2D eigenvalue weighted by molar-refractivity contribution is -0.117. The van der Waals surface area contributed by atoms with Crippen molar-refractivity contribution in [1.29, 1.82) is 0 Å². The number of rotatable bonds is 7. The van der Waals surface area contributed by atoms with E-state index in [-0.39, 0.29) is 0 Å². The van der Waals surface area contributed by atoms with E-state index in [0.29, 0.717) is 27.3 Å². The molecule has 9 heteroatoms. The number of carbonyl (C=O) groups excluding carboxylic acids is 2. The summed E-state index contributed by atoms with van der Waals surface area (Å²) in [7, 11) is 0. The van der Waals surface area contributed by atoms with Crippen molar-refractivity contribution in [2.24, 2.45) is 0 Å². The molecular formula is C26H24ClN5O2S. The highest BCUT2D eigenvalue weighted by molar-refractivity contribution is 7.18. The molecule has 0 fully saturated rings. The van der Waals surface area contributed by atoms with E-state index < -0.39 is 18.0 Å². The number of nitrogens with zero attached hydrogens (tertiary/aromatic N) is 2. The Morgan fingerprint density at radius 1 is 0.943 bits per heavy atom. The zero-order valence-corrected chi connectivity index (χ0v) is 20.8. The lowest BCUT2D eigenvalue weighted by Crippen LogP contribution is -2.47. The third kappa shape index (κ3) is 6.44. The number of benzene rings is 3. The van der Waals surface area contributed by atoms with Gasteiger partial charge in [-0.05, 0) is 48.7 Å². The Morgan fingerprint density at radius 3 is 2.49 bits per heavy atom. The fourth-order valence-corrected chi connectivity index (χ4v) is 4.40. The smallest absolute Gasteiger partial charge is 0.319 e. The lowest BCUT2D eigenvalue weighted by Gasteiger charge is -2.19. The quantitative estimate of drug-likeness (QED) is 0.293. The molecule has 1 aromatic heterocycles. The molecule has 7 nitrogen and oxygen atoms in total. The maximum Gasteiger partial charge on any atom is 0.319 e. The Labute approximate surface area is 212 Å². The molecule has 0 saturated heterocycles. The molecule has 0 bridgehead atoms. The van der Waals surface area contributed by atoms with Crippen molar-refractivity contribution in [3.63, 3.8) is 0 Å². The minimum Gasteiger partial charge on any atom is -0.326 e. The molecule has 0 spiro atoms. The first-order chi connectivity index (χ1) is 16.9. The van der Waals surface area contributed by atoms with Crippen LogP contribution in [0.4, 0.5) is 15.6 Å². The number of aryl methyl sites for hydroxylation is 1. The van der Waals surface area contributed by atoms with Gasteiger partial charge >= 0.3 is 6.03 Å². The van der Waals surface area contributed by atoms with Crippen LogP contribution in [0.15, 0.2) is 72.8 Å². The van der Waals surface area contributed by atoms with E-state index in [1.54, 1.807) is 12.1 Å². The molecule has 178 valence electrons. The van der Waals surface area contributed by atoms with Crippen LogP contribution < -0.4 is 16.0 Å². The Morgan fingerprint density at radius 2 is 1.71 bits per heavy atom. The van der Waals surface area contributed by atoms with Gasteiger partial charge in [0.25, 0.3) is 0 Å². The number of urea groups is 1. The molecule has 0 unspecified atom stereocenters. The van der Waals surface area contributed by atoms with E-state index >= 15 is 0 Å². The Bertz CT molecular complexity index is 1340. The highest BCUT2D eigenvalue weighted by atomic mass is 35.5. The molecule has 1 atom stereocenters. The van der Waals surface area contributed by atoms with Gasteiger partial charge in [-0.25, -0.2) is 4.79 Å². The summed E-state index contributed by atoms with van der Waals surface area (Å²) in [5.41, 5.74) is 4.44. The number of hydrogen-bond donors (Lipinski definition) is 3. The van der Waals surface area contributed by atoms with E-state index in [9.17, 15) is 9.59 Å². The highest BCUT2D eigenvalue weighted by Crippen LogP contribution is 2.28. The molecule has 1 heterocycles. The molecule has 3 amide bonds. The molecule has 0 aliphatic carbocycles. The SMILES string of the molecule is Cc1cccc(NC(=O)N[C@H](Cc2ccccc2)C(=O)Nc2nnc(-c3cccc(Cl)c3)s2)c1C. The van der Waals surface area contributed by atoms with Crippen molar-refractivity contribution >= 4 is 45.7 Å². The molecule has 3 aromatic carbocycles. The Balaban J connectivity index is 1.49. The number of carbonyl (C=O) groups is 2. The predicted octanol–water partition coefficient (Wildman–Crippen LogP) is 5.85. The summed E-state index contributed by atoms with van der Waals surface area (Å²) < 4.78 is 0. The van der Waals surface area contributed by atoms with Crippen LogP contribution >= 0.6 is 22.9 Å². The van der Waals surface area contributed by atoms with Gasteiger partial charge in [-0.3, -0.25) is 10.1 Å². The van der Waals surface area contributed by atoms with Gasteiger partial charge in [0.05, 0.1) is 0 Å². The number of hydrogen-bond acceptors (Lipinski definition) is 5. The fourth-order valence-electron chi connectivity index (χ4n) is 3.47. The summed E-state index contributed by atoms with van der Waals surface area (Å²) in [5, 5.41) is 18.2. The number of nitrogens with one attached hydrogen (secondary N) is 3. The Hall–Kier alpha value is -3.75. The van der Waals surface area contributed by atoms with Gasteiger partial charge in [0, 0.05) is 22.7 Å². The summed E-state index contributed by atoms with van der Waals surface area (Å²) >= 11 is 7.30. The number of amides is 3. The van der Waals surface area contributed by atoms with Gasteiger partial charge in [-0.15, -0.1) is 10.2 Å². The molecule has 4 rings (SSSR count). The van der Waals surface area contributed by atoms with Crippen LogP contribution in [0.5, 0.6) is 0 Å². The topological polar surface area (TPSA) is 96.0 Å². The second-order valence-corrected chi connectivity index (χ2v) is 9.41.